The van der Waals surface area contributed by atoms with E-state index in [1.807, 2.05) is 19.1 Å². The van der Waals surface area contributed by atoms with E-state index in [4.69, 9.17) is 9.47 Å². The zero-order chi connectivity index (χ0) is 15.3. The summed E-state index contributed by atoms with van der Waals surface area (Å²) in [5.74, 6) is -0.158. The van der Waals surface area contributed by atoms with Gasteiger partial charge in [-0.15, -0.1) is 0 Å². The highest BCUT2D eigenvalue weighted by atomic mass is 19.1. The van der Waals surface area contributed by atoms with Crippen molar-refractivity contribution in [2.45, 2.75) is 45.3 Å². The van der Waals surface area contributed by atoms with Crippen molar-refractivity contribution in [3.8, 4) is 0 Å². The lowest BCUT2D eigenvalue weighted by Gasteiger charge is -2.43. The molecule has 1 aromatic carbocycles. The third kappa shape index (κ3) is 3.62. The number of hydrogen-bond acceptors (Lipinski definition) is 3. The maximum absolute atomic E-state index is 14.0. The first kappa shape index (κ1) is 16.4. The van der Waals surface area contributed by atoms with E-state index < -0.39 is 0 Å². The Morgan fingerprint density at radius 2 is 2.05 bits per heavy atom. The van der Waals surface area contributed by atoms with Crippen molar-refractivity contribution in [2.75, 3.05) is 26.4 Å². The Kier molecular flexibility index (Phi) is 5.73. The minimum absolute atomic E-state index is 0.0125. The molecule has 3 nitrogen and oxygen atoms in total. The Morgan fingerprint density at radius 3 is 2.62 bits per heavy atom. The van der Waals surface area contributed by atoms with Crippen molar-refractivity contribution < 1.29 is 13.9 Å². The van der Waals surface area contributed by atoms with Gasteiger partial charge in [0.2, 0.25) is 0 Å². The fraction of sp³-hybridized carbons (Fsp3) is 0.647. The van der Waals surface area contributed by atoms with E-state index in [-0.39, 0.29) is 17.5 Å². The van der Waals surface area contributed by atoms with Crippen LogP contribution in [0.25, 0.3) is 0 Å². The molecule has 0 saturated carbocycles. The summed E-state index contributed by atoms with van der Waals surface area (Å²) < 4.78 is 25.6. The van der Waals surface area contributed by atoms with Crippen molar-refractivity contribution in [3.63, 3.8) is 0 Å². The number of benzene rings is 1. The van der Waals surface area contributed by atoms with Crippen LogP contribution < -0.4 is 5.32 Å². The number of hydrogen-bond donors (Lipinski definition) is 1. The van der Waals surface area contributed by atoms with Gasteiger partial charge in [-0.05, 0) is 37.6 Å². The molecule has 0 amide bonds. The van der Waals surface area contributed by atoms with Crippen molar-refractivity contribution >= 4 is 0 Å². The fourth-order valence-corrected chi connectivity index (χ4v) is 3.12. The summed E-state index contributed by atoms with van der Waals surface area (Å²) in [6.07, 6.45) is 1.65. The molecule has 4 heteroatoms. The molecule has 118 valence electrons. The average Bonchev–Trinajstić information content (AvgIpc) is 2.49. The van der Waals surface area contributed by atoms with Crippen molar-refractivity contribution in [1.29, 1.82) is 0 Å². The van der Waals surface area contributed by atoms with Gasteiger partial charge in [0.05, 0.1) is 11.6 Å². The average molecular weight is 295 g/mol. The van der Waals surface area contributed by atoms with Crippen LogP contribution in [0.2, 0.25) is 0 Å². The quantitative estimate of drug-likeness (QED) is 0.873. The van der Waals surface area contributed by atoms with Crippen LogP contribution in [-0.4, -0.2) is 32.0 Å². The lowest BCUT2D eigenvalue weighted by molar-refractivity contribution is -0.127. The van der Waals surface area contributed by atoms with Gasteiger partial charge in [-0.3, -0.25) is 0 Å². The SMILES string of the molecule is CCNC(c1ccc(C)c(F)c1)C1(OCC)CCOCC1. The van der Waals surface area contributed by atoms with Crippen molar-refractivity contribution in [3.05, 3.63) is 35.1 Å². The molecule has 0 radical (unpaired) electrons. The first-order valence-corrected chi connectivity index (χ1v) is 7.84. The van der Waals surface area contributed by atoms with Crippen LogP contribution >= 0.6 is 0 Å². The maximum Gasteiger partial charge on any atom is 0.126 e. The van der Waals surface area contributed by atoms with Gasteiger partial charge < -0.3 is 14.8 Å². The number of nitrogens with one attached hydrogen (secondary N) is 1. The van der Waals surface area contributed by atoms with Crippen LogP contribution in [0.5, 0.6) is 0 Å². The van der Waals surface area contributed by atoms with Crippen molar-refractivity contribution in [1.82, 2.24) is 5.32 Å². The number of rotatable bonds is 6. The van der Waals surface area contributed by atoms with Gasteiger partial charge in [-0.2, -0.15) is 0 Å². The molecule has 2 rings (SSSR count). The topological polar surface area (TPSA) is 30.5 Å². The third-order valence-electron chi connectivity index (χ3n) is 4.23. The van der Waals surface area contributed by atoms with Crippen LogP contribution in [0.1, 0.15) is 43.9 Å². The molecule has 0 aromatic heterocycles. The lowest BCUT2D eigenvalue weighted by atomic mass is 9.81. The molecule has 21 heavy (non-hydrogen) atoms. The lowest BCUT2D eigenvalue weighted by Crippen LogP contribution is -2.50. The van der Waals surface area contributed by atoms with Crippen LogP contribution in [0.4, 0.5) is 4.39 Å². The second-order valence-electron chi connectivity index (χ2n) is 5.61. The van der Waals surface area contributed by atoms with Gasteiger partial charge in [-0.1, -0.05) is 19.1 Å². The minimum Gasteiger partial charge on any atom is -0.381 e. The van der Waals surface area contributed by atoms with Gasteiger partial charge in [-0.25, -0.2) is 4.39 Å². The molecule has 1 saturated heterocycles. The molecule has 1 fully saturated rings. The molecule has 0 spiro atoms. The van der Waals surface area contributed by atoms with Crippen LogP contribution in [0.15, 0.2) is 18.2 Å². The van der Waals surface area contributed by atoms with Crippen LogP contribution in [0.3, 0.4) is 0 Å². The Labute approximate surface area is 126 Å². The molecule has 1 N–H and O–H groups in total. The van der Waals surface area contributed by atoms with Gasteiger partial charge >= 0.3 is 0 Å². The van der Waals surface area contributed by atoms with Gasteiger partial charge in [0, 0.05) is 32.7 Å². The van der Waals surface area contributed by atoms with E-state index in [1.165, 1.54) is 0 Å². The van der Waals surface area contributed by atoms with E-state index in [2.05, 4.69) is 12.2 Å². The Hall–Kier alpha value is -0.970. The first-order valence-electron chi connectivity index (χ1n) is 7.84. The Balaban J connectivity index is 2.36. The maximum atomic E-state index is 14.0. The molecular weight excluding hydrogens is 269 g/mol. The zero-order valence-corrected chi connectivity index (χ0v) is 13.2. The number of likely N-dealkylation sites (N-methyl/N-ethyl adjacent to an activating group) is 1. The molecule has 1 unspecified atom stereocenters. The van der Waals surface area contributed by atoms with Crippen molar-refractivity contribution in [2.24, 2.45) is 0 Å². The standard InChI is InChI=1S/C17H26FNO2/c1-4-19-16(14-7-6-13(3)15(18)12-14)17(21-5-2)8-10-20-11-9-17/h6-7,12,16,19H,4-5,8-11H2,1-3H3. The normalized spacial score (nSPS) is 19.4. The molecule has 0 aliphatic carbocycles. The molecule has 1 aliphatic rings. The fourth-order valence-electron chi connectivity index (χ4n) is 3.12. The minimum atomic E-state index is -0.315. The molecule has 0 bridgehead atoms. The monoisotopic (exact) mass is 295 g/mol. The summed E-state index contributed by atoms with van der Waals surface area (Å²) in [6.45, 7) is 8.71. The number of ether oxygens (including phenoxy) is 2. The predicted molar refractivity (Wildman–Crippen MR) is 82.0 cm³/mol. The number of aryl methyl sites for hydroxylation is 1. The highest BCUT2D eigenvalue weighted by molar-refractivity contribution is 5.28. The molecular formula is C17H26FNO2. The zero-order valence-electron chi connectivity index (χ0n) is 13.2. The molecule has 1 atom stereocenters. The highest BCUT2D eigenvalue weighted by Gasteiger charge is 2.41. The van der Waals surface area contributed by atoms with E-state index in [0.717, 1.165) is 24.9 Å². The number of halogens is 1. The van der Waals surface area contributed by atoms with Crippen LogP contribution in [0, 0.1) is 12.7 Å². The molecule has 1 aromatic rings. The Morgan fingerprint density at radius 1 is 1.33 bits per heavy atom. The molecule has 1 heterocycles. The summed E-state index contributed by atoms with van der Waals surface area (Å²) >= 11 is 0. The largest absolute Gasteiger partial charge is 0.381 e. The molecule has 1 aliphatic heterocycles. The van der Waals surface area contributed by atoms with Gasteiger partial charge in [0.15, 0.2) is 0 Å². The Bertz CT molecular complexity index is 453. The predicted octanol–water partition coefficient (Wildman–Crippen LogP) is 3.37. The summed E-state index contributed by atoms with van der Waals surface area (Å²) in [5.41, 5.74) is 1.31. The summed E-state index contributed by atoms with van der Waals surface area (Å²) in [4.78, 5) is 0. The third-order valence-corrected chi connectivity index (χ3v) is 4.23. The smallest absolute Gasteiger partial charge is 0.126 e. The summed E-state index contributed by atoms with van der Waals surface area (Å²) in [5, 5.41) is 3.49. The van der Waals surface area contributed by atoms with E-state index in [0.29, 0.717) is 25.4 Å². The first-order chi connectivity index (χ1) is 10.1. The van der Waals surface area contributed by atoms with Gasteiger partial charge in [0.25, 0.3) is 0 Å². The van der Waals surface area contributed by atoms with Crippen LogP contribution in [-0.2, 0) is 9.47 Å². The van der Waals surface area contributed by atoms with Gasteiger partial charge in [0.1, 0.15) is 5.82 Å². The summed E-state index contributed by atoms with van der Waals surface area (Å²) in [7, 11) is 0. The highest BCUT2D eigenvalue weighted by Crippen LogP contribution is 2.38. The van der Waals surface area contributed by atoms with E-state index in [9.17, 15) is 4.39 Å². The second kappa shape index (κ2) is 7.34. The second-order valence-corrected chi connectivity index (χ2v) is 5.61. The van der Waals surface area contributed by atoms with E-state index in [1.54, 1.807) is 13.0 Å². The van der Waals surface area contributed by atoms with E-state index >= 15 is 0 Å². The summed E-state index contributed by atoms with van der Waals surface area (Å²) in [6, 6.07) is 5.47.